The average molecular weight is 547 g/mol. The van der Waals surface area contributed by atoms with Gasteiger partial charge in [0.15, 0.2) is 0 Å². The van der Waals surface area contributed by atoms with Crippen molar-refractivity contribution < 1.29 is 14.3 Å². The van der Waals surface area contributed by atoms with E-state index in [0.29, 0.717) is 56.7 Å². The Morgan fingerprint density at radius 2 is 2.02 bits per heavy atom. The SMILES string of the molecule is COC/C=C/C(=O)NCCNc1nc(OC[C@@H]2CCCN2C)nc2c1CCN(C1=CC=CC3C=CC=C(C)C13)C2. The number of fused-ring (bicyclic) bond motifs is 2. The predicted molar refractivity (Wildman–Crippen MR) is 157 cm³/mol. The highest BCUT2D eigenvalue weighted by Crippen LogP contribution is 2.39. The van der Waals surface area contributed by atoms with Gasteiger partial charge in [0.05, 0.1) is 18.8 Å². The Morgan fingerprint density at radius 3 is 2.83 bits per heavy atom. The highest BCUT2D eigenvalue weighted by Gasteiger charge is 2.33. The molecule has 1 aromatic rings. The van der Waals surface area contributed by atoms with Crippen LogP contribution < -0.4 is 15.4 Å². The number of amides is 1. The summed E-state index contributed by atoms with van der Waals surface area (Å²) in [6.45, 7) is 6.97. The van der Waals surface area contributed by atoms with E-state index < -0.39 is 0 Å². The summed E-state index contributed by atoms with van der Waals surface area (Å²) in [7, 11) is 3.75. The molecule has 4 aliphatic rings. The van der Waals surface area contributed by atoms with Crippen LogP contribution in [0.2, 0.25) is 0 Å². The molecule has 9 heteroatoms. The number of methoxy groups -OCH3 is 1. The van der Waals surface area contributed by atoms with E-state index in [9.17, 15) is 4.79 Å². The minimum atomic E-state index is -0.140. The number of allylic oxidation sites excluding steroid dienone is 7. The average Bonchev–Trinajstić information content (AvgIpc) is 3.38. The largest absolute Gasteiger partial charge is 0.462 e. The molecule has 1 amide bonds. The van der Waals surface area contributed by atoms with Gasteiger partial charge in [-0.05, 0) is 45.9 Å². The standard InChI is InChI=1S/C31H42N6O3/c1-22-8-4-9-23-10-5-12-27(29(22)23)37-18-14-25-26(20-37)34-31(40-21-24-11-6-17-36(24)2)35-30(25)33-16-15-32-28(38)13-7-19-39-3/h4-5,7-10,12-13,23-24,29H,6,11,14-21H2,1-3H3,(H,32,38)(H,33,34,35)/b13-7+/t23?,24-,29?/m0/s1. The van der Waals surface area contributed by atoms with E-state index in [4.69, 9.17) is 19.4 Å². The van der Waals surface area contributed by atoms with Crippen LogP contribution in [0.3, 0.4) is 0 Å². The molecule has 5 rings (SSSR count). The molecular weight excluding hydrogens is 504 g/mol. The molecule has 0 radical (unpaired) electrons. The van der Waals surface area contributed by atoms with Gasteiger partial charge in [-0.25, -0.2) is 0 Å². The number of likely N-dealkylation sites (tertiary alicyclic amines) is 1. The fourth-order valence-corrected chi connectivity index (χ4v) is 6.02. The topological polar surface area (TPSA) is 91.8 Å². The highest BCUT2D eigenvalue weighted by molar-refractivity contribution is 5.87. The van der Waals surface area contributed by atoms with Crippen LogP contribution in [0.15, 0.2) is 59.9 Å². The van der Waals surface area contributed by atoms with Crippen LogP contribution in [0, 0.1) is 11.8 Å². The Balaban J connectivity index is 1.30. The maximum atomic E-state index is 12.0. The molecule has 2 unspecified atom stereocenters. The first-order valence-electron chi connectivity index (χ1n) is 14.4. The Labute approximate surface area is 237 Å². The van der Waals surface area contributed by atoms with Crippen molar-refractivity contribution in [2.45, 2.75) is 38.8 Å². The summed E-state index contributed by atoms with van der Waals surface area (Å²) in [5.41, 5.74) is 4.88. The summed E-state index contributed by atoms with van der Waals surface area (Å²) < 4.78 is 11.1. The normalized spacial score (nSPS) is 24.0. The number of rotatable bonds is 11. The molecule has 3 atom stereocenters. The number of likely N-dealkylation sites (N-methyl/N-ethyl adjacent to an activating group) is 1. The second-order valence-corrected chi connectivity index (χ2v) is 10.9. The molecule has 1 fully saturated rings. The Bertz CT molecular complexity index is 1220. The van der Waals surface area contributed by atoms with Gasteiger partial charge in [0.2, 0.25) is 5.91 Å². The molecule has 1 aromatic heterocycles. The number of aromatic nitrogens is 2. The first-order valence-corrected chi connectivity index (χ1v) is 14.4. The van der Waals surface area contributed by atoms with E-state index >= 15 is 0 Å². The minimum Gasteiger partial charge on any atom is -0.462 e. The Hall–Kier alpha value is -3.43. The van der Waals surface area contributed by atoms with Crippen LogP contribution >= 0.6 is 0 Å². The third-order valence-electron chi connectivity index (χ3n) is 8.22. The summed E-state index contributed by atoms with van der Waals surface area (Å²) in [6, 6.07) is 0.807. The Kier molecular flexibility index (Phi) is 9.34. The van der Waals surface area contributed by atoms with Crippen molar-refractivity contribution in [2.24, 2.45) is 11.8 Å². The maximum Gasteiger partial charge on any atom is 0.318 e. The molecule has 214 valence electrons. The van der Waals surface area contributed by atoms with E-state index in [0.717, 1.165) is 43.0 Å². The van der Waals surface area contributed by atoms with Crippen molar-refractivity contribution in [3.05, 3.63) is 71.1 Å². The first kappa shape index (κ1) is 28.1. The number of carbonyl (C=O) groups is 1. The lowest BCUT2D eigenvalue weighted by Gasteiger charge is -2.40. The van der Waals surface area contributed by atoms with Crippen molar-refractivity contribution >= 4 is 11.7 Å². The molecule has 0 bridgehead atoms. The monoisotopic (exact) mass is 546 g/mol. The maximum absolute atomic E-state index is 12.0. The van der Waals surface area contributed by atoms with Gasteiger partial charge >= 0.3 is 6.01 Å². The molecule has 40 heavy (non-hydrogen) atoms. The second kappa shape index (κ2) is 13.3. The summed E-state index contributed by atoms with van der Waals surface area (Å²) in [6.07, 6.45) is 19.8. The fourth-order valence-electron chi connectivity index (χ4n) is 6.02. The van der Waals surface area contributed by atoms with Gasteiger partial charge in [0, 0.05) is 62.0 Å². The quantitative estimate of drug-likeness (QED) is 0.323. The predicted octanol–water partition coefficient (Wildman–Crippen LogP) is 3.24. The zero-order chi connectivity index (χ0) is 27.9. The number of anilines is 1. The van der Waals surface area contributed by atoms with E-state index in [1.54, 1.807) is 13.2 Å². The van der Waals surface area contributed by atoms with Crippen LogP contribution in [-0.4, -0.2) is 85.3 Å². The van der Waals surface area contributed by atoms with E-state index in [-0.39, 0.29) is 5.91 Å². The molecule has 0 aromatic carbocycles. The summed E-state index contributed by atoms with van der Waals surface area (Å²) in [5.74, 6) is 1.43. The summed E-state index contributed by atoms with van der Waals surface area (Å²) >= 11 is 0. The van der Waals surface area contributed by atoms with Crippen molar-refractivity contribution in [1.29, 1.82) is 0 Å². The molecule has 0 spiro atoms. The molecule has 2 aliphatic heterocycles. The van der Waals surface area contributed by atoms with Crippen LogP contribution in [0.25, 0.3) is 0 Å². The zero-order valence-corrected chi connectivity index (χ0v) is 23.9. The number of hydrogen-bond donors (Lipinski definition) is 2. The number of nitrogens with zero attached hydrogens (tertiary/aromatic N) is 4. The van der Waals surface area contributed by atoms with Gasteiger partial charge in [-0.15, -0.1) is 0 Å². The molecule has 9 nitrogen and oxygen atoms in total. The van der Waals surface area contributed by atoms with Gasteiger partial charge < -0.3 is 29.9 Å². The van der Waals surface area contributed by atoms with Crippen molar-refractivity contribution in [1.82, 2.24) is 25.1 Å². The lowest BCUT2D eigenvalue weighted by atomic mass is 9.77. The third-order valence-corrected chi connectivity index (χ3v) is 8.22. The lowest BCUT2D eigenvalue weighted by molar-refractivity contribution is -0.116. The van der Waals surface area contributed by atoms with Gasteiger partial charge in [-0.3, -0.25) is 4.79 Å². The van der Waals surface area contributed by atoms with Crippen LogP contribution in [-0.2, 0) is 22.5 Å². The lowest BCUT2D eigenvalue weighted by Crippen LogP contribution is -2.37. The van der Waals surface area contributed by atoms with Gasteiger partial charge in [0.25, 0.3) is 0 Å². The molecular formula is C31H42N6O3. The van der Waals surface area contributed by atoms with Crippen molar-refractivity contribution in [3.63, 3.8) is 0 Å². The molecule has 2 aliphatic carbocycles. The number of hydrogen-bond acceptors (Lipinski definition) is 8. The van der Waals surface area contributed by atoms with Gasteiger partial charge in [-0.2, -0.15) is 9.97 Å². The van der Waals surface area contributed by atoms with Gasteiger partial charge in [0.1, 0.15) is 12.4 Å². The minimum absolute atomic E-state index is 0.140. The van der Waals surface area contributed by atoms with E-state index in [1.807, 2.05) is 0 Å². The third kappa shape index (κ3) is 6.64. The van der Waals surface area contributed by atoms with Crippen LogP contribution in [0.1, 0.15) is 31.0 Å². The zero-order valence-electron chi connectivity index (χ0n) is 23.9. The van der Waals surface area contributed by atoms with Crippen molar-refractivity contribution in [2.75, 3.05) is 58.9 Å². The van der Waals surface area contributed by atoms with Gasteiger partial charge in [-0.1, -0.05) is 42.0 Å². The fraction of sp³-hybridized carbons (Fsp3) is 0.516. The van der Waals surface area contributed by atoms with Crippen molar-refractivity contribution in [3.8, 4) is 6.01 Å². The molecule has 3 heterocycles. The number of nitrogens with one attached hydrogen (secondary N) is 2. The summed E-state index contributed by atoms with van der Waals surface area (Å²) in [4.78, 5) is 26.5. The number of carbonyl (C=O) groups excluding carboxylic acids is 1. The highest BCUT2D eigenvalue weighted by atomic mass is 16.5. The van der Waals surface area contributed by atoms with Crippen LogP contribution in [0.5, 0.6) is 6.01 Å². The first-order chi connectivity index (χ1) is 19.5. The smallest absolute Gasteiger partial charge is 0.318 e. The summed E-state index contributed by atoms with van der Waals surface area (Å²) in [5, 5.41) is 6.35. The van der Waals surface area contributed by atoms with E-state index in [1.165, 1.54) is 23.8 Å². The molecule has 2 N–H and O–H groups in total. The number of ether oxygens (including phenoxy) is 2. The molecule has 0 saturated carbocycles. The second-order valence-electron chi connectivity index (χ2n) is 10.9. The van der Waals surface area contributed by atoms with E-state index in [2.05, 4.69) is 70.9 Å². The molecule has 1 saturated heterocycles. The van der Waals surface area contributed by atoms with Crippen LogP contribution in [0.4, 0.5) is 5.82 Å². The Morgan fingerprint density at radius 1 is 1.18 bits per heavy atom.